The fourth-order valence-electron chi connectivity index (χ4n) is 1.09. The molecule has 0 aromatic heterocycles. The third kappa shape index (κ3) is 3.88. The maximum atomic E-state index is 11.0. The SMILES string of the molecule is N#CCOC(=O)/C=C/c1ccc(Cl)c([N+](=O)[O-])c1. The van der Waals surface area contributed by atoms with Gasteiger partial charge < -0.3 is 4.74 Å². The first-order chi connectivity index (χ1) is 8.54. The fraction of sp³-hybridized carbons (Fsp3) is 0.0909. The Balaban J connectivity index is 2.83. The molecule has 0 saturated carbocycles. The summed E-state index contributed by atoms with van der Waals surface area (Å²) in [5, 5.41) is 18.8. The van der Waals surface area contributed by atoms with Crippen LogP contribution < -0.4 is 0 Å². The molecule has 1 aromatic carbocycles. The minimum absolute atomic E-state index is 0.0178. The van der Waals surface area contributed by atoms with Crippen LogP contribution in [0.5, 0.6) is 0 Å². The number of carbonyl (C=O) groups is 1. The van der Waals surface area contributed by atoms with E-state index >= 15 is 0 Å². The summed E-state index contributed by atoms with van der Waals surface area (Å²) in [6, 6.07) is 5.76. The van der Waals surface area contributed by atoms with Crippen LogP contribution in [0, 0.1) is 21.4 Å². The van der Waals surface area contributed by atoms with E-state index in [1.807, 2.05) is 0 Å². The number of ether oxygens (including phenoxy) is 1. The highest BCUT2D eigenvalue weighted by Crippen LogP contribution is 2.25. The monoisotopic (exact) mass is 266 g/mol. The molecule has 6 nitrogen and oxygen atoms in total. The van der Waals surface area contributed by atoms with Crippen molar-refractivity contribution in [2.45, 2.75) is 0 Å². The minimum atomic E-state index is -0.700. The number of rotatable bonds is 4. The van der Waals surface area contributed by atoms with E-state index in [4.69, 9.17) is 16.9 Å². The van der Waals surface area contributed by atoms with Gasteiger partial charge >= 0.3 is 5.97 Å². The zero-order chi connectivity index (χ0) is 13.5. The molecular formula is C11H7ClN2O4. The lowest BCUT2D eigenvalue weighted by atomic mass is 10.2. The quantitative estimate of drug-likeness (QED) is 0.361. The second-order valence-electron chi connectivity index (χ2n) is 3.07. The normalized spacial score (nSPS) is 10.0. The topological polar surface area (TPSA) is 93.2 Å². The number of hydrogen-bond donors (Lipinski definition) is 0. The smallest absolute Gasteiger partial charge is 0.331 e. The van der Waals surface area contributed by atoms with Crippen molar-refractivity contribution in [2.75, 3.05) is 6.61 Å². The first kappa shape index (κ1) is 13.7. The van der Waals surface area contributed by atoms with Gasteiger partial charge in [0.25, 0.3) is 5.69 Å². The lowest BCUT2D eigenvalue weighted by Crippen LogP contribution is -1.99. The second-order valence-corrected chi connectivity index (χ2v) is 3.47. The van der Waals surface area contributed by atoms with Crippen LogP contribution in [0.2, 0.25) is 5.02 Å². The fourth-order valence-corrected chi connectivity index (χ4v) is 1.28. The number of nitrogens with zero attached hydrogens (tertiary/aromatic N) is 2. The lowest BCUT2D eigenvalue weighted by Gasteiger charge is -1.97. The summed E-state index contributed by atoms with van der Waals surface area (Å²) in [6.45, 7) is -0.343. The van der Waals surface area contributed by atoms with E-state index in [1.165, 1.54) is 24.3 Å². The van der Waals surface area contributed by atoms with Crippen molar-refractivity contribution in [1.29, 1.82) is 5.26 Å². The molecule has 7 heteroatoms. The van der Waals surface area contributed by atoms with Crippen molar-refractivity contribution < 1.29 is 14.5 Å². The second kappa shape index (κ2) is 6.37. The van der Waals surface area contributed by atoms with Gasteiger partial charge in [-0.2, -0.15) is 5.26 Å². The van der Waals surface area contributed by atoms with Crippen molar-refractivity contribution >= 4 is 29.3 Å². The summed E-state index contributed by atoms with van der Waals surface area (Å²) in [6.07, 6.45) is 2.41. The number of benzene rings is 1. The highest BCUT2D eigenvalue weighted by molar-refractivity contribution is 6.32. The highest BCUT2D eigenvalue weighted by Gasteiger charge is 2.11. The molecule has 0 unspecified atom stereocenters. The summed E-state index contributed by atoms with van der Waals surface area (Å²) in [7, 11) is 0. The average molecular weight is 267 g/mol. The number of nitro groups is 1. The van der Waals surface area contributed by atoms with Gasteiger partial charge in [-0.3, -0.25) is 10.1 Å². The molecule has 0 radical (unpaired) electrons. The third-order valence-corrected chi connectivity index (χ3v) is 2.18. The Labute approximate surface area is 107 Å². The Bertz CT molecular complexity index is 548. The molecule has 0 amide bonds. The number of carbonyl (C=O) groups excluding carboxylic acids is 1. The molecule has 0 N–H and O–H groups in total. The molecular weight excluding hydrogens is 260 g/mol. The van der Waals surface area contributed by atoms with E-state index in [9.17, 15) is 14.9 Å². The van der Waals surface area contributed by atoms with E-state index in [-0.39, 0.29) is 17.3 Å². The molecule has 0 saturated heterocycles. The number of halogens is 1. The van der Waals surface area contributed by atoms with Crippen LogP contribution in [-0.4, -0.2) is 17.5 Å². The maximum absolute atomic E-state index is 11.0. The molecule has 0 heterocycles. The number of nitro benzene ring substituents is 1. The van der Waals surface area contributed by atoms with Crippen molar-refractivity contribution in [1.82, 2.24) is 0 Å². The van der Waals surface area contributed by atoms with Gasteiger partial charge in [-0.25, -0.2) is 4.79 Å². The molecule has 18 heavy (non-hydrogen) atoms. The summed E-state index contributed by atoms with van der Waals surface area (Å²) in [5.41, 5.74) is 0.184. The predicted molar refractivity (Wildman–Crippen MR) is 63.7 cm³/mol. The van der Waals surface area contributed by atoms with Gasteiger partial charge in [0.1, 0.15) is 11.1 Å². The Hall–Kier alpha value is -2.39. The van der Waals surface area contributed by atoms with E-state index in [0.717, 1.165) is 6.08 Å². The summed E-state index contributed by atoms with van der Waals surface area (Å²) in [5.74, 6) is -0.700. The first-order valence-electron chi connectivity index (χ1n) is 4.70. The van der Waals surface area contributed by atoms with Crippen LogP contribution >= 0.6 is 11.6 Å². The molecule has 0 bridgehead atoms. The van der Waals surface area contributed by atoms with E-state index < -0.39 is 10.9 Å². The van der Waals surface area contributed by atoms with Gasteiger partial charge in [0.15, 0.2) is 6.61 Å². The van der Waals surface area contributed by atoms with Crippen LogP contribution in [0.1, 0.15) is 5.56 Å². The van der Waals surface area contributed by atoms with E-state index in [2.05, 4.69) is 4.74 Å². The van der Waals surface area contributed by atoms with Crippen LogP contribution in [0.4, 0.5) is 5.69 Å². The van der Waals surface area contributed by atoms with Gasteiger partial charge in [0, 0.05) is 12.1 Å². The van der Waals surface area contributed by atoms with Gasteiger partial charge in [-0.15, -0.1) is 0 Å². The zero-order valence-corrected chi connectivity index (χ0v) is 9.76. The largest absolute Gasteiger partial charge is 0.447 e. The lowest BCUT2D eigenvalue weighted by molar-refractivity contribution is -0.384. The van der Waals surface area contributed by atoms with Crippen molar-refractivity contribution in [3.05, 3.63) is 45.0 Å². The van der Waals surface area contributed by atoms with Crippen LogP contribution in [-0.2, 0) is 9.53 Å². The van der Waals surface area contributed by atoms with Crippen molar-refractivity contribution in [2.24, 2.45) is 0 Å². The standard InChI is InChI=1S/C11H7ClN2O4/c12-9-3-1-8(7-10(9)14(16)17)2-4-11(15)18-6-5-13/h1-4,7H,6H2/b4-2+. The van der Waals surface area contributed by atoms with Crippen molar-refractivity contribution in [3.8, 4) is 6.07 Å². The third-order valence-electron chi connectivity index (χ3n) is 1.86. The zero-order valence-electron chi connectivity index (χ0n) is 9.00. The van der Waals surface area contributed by atoms with E-state index in [1.54, 1.807) is 6.07 Å². The number of nitriles is 1. The number of esters is 1. The summed E-state index contributed by atoms with van der Waals surface area (Å²) in [4.78, 5) is 21.0. The molecule has 0 fully saturated rings. The van der Waals surface area contributed by atoms with Gasteiger partial charge in [0.2, 0.25) is 0 Å². The Kier molecular flexibility index (Phi) is 4.84. The molecule has 92 valence electrons. The molecule has 0 aliphatic rings. The minimum Gasteiger partial charge on any atom is -0.447 e. The molecule has 1 aromatic rings. The molecule has 1 rings (SSSR count). The molecule has 0 aliphatic heterocycles. The van der Waals surface area contributed by atoms with Gasteiger partial charge in [0.05, 0.1) is 4.92 Å². The van der Waals surface area contributed by atoms with Crippen molar-refractivity contribution in [3.63, 3.8) is 0 Å². The molecule has 0 atom stereocenters. The van der Waals surface area contributed by atoms with Gasteiger partial charge in [-0.1, -0.05) is 17.7 Å². The highest BCUT2D eigenvalue weighted by atomic mass is 35.5. The van der Waals surface area contributed by atoms with Crippen LogP contribution in [0.25, 0.3) is 6.08 Å². The molecule has 0 spiro atoms. The van der Waals surface area contributed by atoms with Gasteiger partial charge in [-0.05, 0) is 17.7 Å². The average Bonchev–Trinajstić information content (AvgIpc) is 2.35. The Morgan fingerprint density at radius 2 is 2.33 bits per heavy atom. The Morgan fingerprint density at radius 3 is 2.94 bits per heavy atom. The molecule has 0 aliphatic carbocycles. The Morgan fingerprint density at radius 1 is 1.61 bits per heavy atom. The van der Waals surface area contributed by atoms with E-state index in [0.29, 0.717) is 5.56 Å². The predicted octanol–water partition coefficient (Wildman–Crippen LogP) is 2.33. The first-order valence-corrected chi connectivity index (χ1v) is 5.08. The van der Waals surface area contributed by atoms with Crippen LogP contribution in [0.3, 0.4) is 0 Å². The summed E-state index contributed by atoms with van der Waals surface area (Å²) < 4.78 is 4.47. The number of hydrogen-bond acceptors (Lipinski definition) is 5. The van der Waals surface area contributed by atoms with Crippen LogP contribution in [0.15, 0.2) is 24.3 Å². The summed E-state index contributed by atoms with van der Waals surface area (Å²) >= 11 is 5.63. The maximum Gasteiger partial charge on any atom is 0.331 e.